The zero-order valence-corrected chi connectivity index (χ0v) is 19.8. The molecular formula is C24H37N5O2. The summed E-state index contributed by atoms with van der Waals surface area (Å²) >= 11 is 0. The van der Waals surface area contributed by atoms with Crippen LogP contribution in [-0.2, 0) is 4.79 Å². The number of benzene rings is 1. The lowest BCUT2D eigenvalue weighted by Gasteiger charge is -2.44. The van der Waals surface area contributed by atoms with Crippen molar-refractivity contribution in [1.29, 1.82) is 0 Å². The number of rotatable bonds is 7. The van der Waals surface area contributed by atoms with Crippen LogP contribution in [0.3, 0.4) is 0 Å². The number of carbonyl (C=O) groups is 1. The number of likely N-dealkylation sites (N-methyl/N-ethyl adjacent to an activating group) is 1. The molecule has 0 aliphatic carbocycles. The van der Waals surface area contributed by atoms with Crippen molar-refractivity contribution in [3.05, 3.63) is 47.4 Å². The van der Waals surface area contributed by atoms with Crippen LogP contribution in [0.25, 0.3) is 0 Å². The minimum absolute atomic E-state index is 0.0320. The smallest absolute Gasteiger partial charge is 0.255 e. The first-order valence-corrected chi connectivity index (χ1v) is 11.1. The normalized spacial score (nSPS) is 21.5. The number of para-hydroxylation sites is 2. The Morgan fingerprint density at radius 1 is 1.19 bits per heavy atom. The van der Waals surface area contributed by atoms with Crippen LogP contribution in [0.2, 0.25) is 0 Å². The standard InChI is InChI=1S/C24H37N5O2/c1-7-12-25-24(3)17-18(2)26-22(21(24)23(30)27(4)5)29-15-13-28(14-16-29)19-10-8-9-11-20(19)31-6/h8-11,17,25-26H,7,12-16H2,1-6H3. The molecule has 3 rings (SSSR count). The Labute approximate surface area is 186 Å². The van der Waals surface area contributed by atoms with Gasteiger partial charge in [0, 0.05) is 46.0 Å². The van der Waals surface area contributed by atoms with Crippen molar-refractivity contribution in [3.63, 3.8) is 0 Å². The van der Waals surface area contributed by atoms with Gasteiger partial charge in [0.15, 0.2) is 0 Å². The summed E-state index contributed by atoms with van der Waals surface area (Å²) in [6.07, 6.45) is 3.14. The zero-order valence-electron chi connectivity index (χ0n) is 19.8. The van der Waals surface area contributed by atoms with E-state index in [-0.39, 0.29) is 5.91 Å². The average Bonchev–Trinajstić information content (AvgIpc) is 2.77. The molecule has 2 aliphatic rings. The number of nitrogens with one attached hydrogen (secondary N) is 2. The third-order valence-electron chi connectivity index (χ3n) is 5.96. The highest BCUT2D eigenvalue weighted by molar-refractivity contribution is 5.97. The summed E-state index contributed by atoms with van der Waals surface area (Å²) in [6, 6.07) is 8.14. The second-order valence-electron chi connectivity index (χ2n) is 8.65. The number of hydrogen-bond donors (Lipinski definition) is 2. The monoisotopic (exact) mass is 427 g/mol. The van der Waals surface area contributed by atoms with E-state index in [1.165, 1.54) is 0 Å². The minimum atomic E-state index is -0.512. The van der Waals surface area contributed by atoms with E-state index in [1.807, 2.05) is 32.3 Å². The second-order valence-corrected chi connectivity index (χ2v) is 8.65. The Morgan fingerprint density at radius 3 is 2.45 bits per heavy atom. The van der Waals surface area contributed by atoms with E-state index in [2.05, 4.69) is 53.3 Å². The van der Waals surface area contributed by atoms with Gasteiger partial charge in [0.2, 0.25) is 0 Å². The summed E-state index contributed by atoms with van der Waals surface area (Å²) in [7, 11) is 5.35. The molecule has 170 valence electrons. The Kier molecular flexibility index (Phi) is 7.15. The zero-order chi connectivity index (χ0) is 22.6. The highest BCUT2D eigenvalue weighted by Gasteiger charge is 2.40. The van der Waals surface area contributed by atoms with Gasteiger partial charge < -0.3 is 30.1 Å². The number of dihydropyridines is 1. The van der Waals surface area contributed by atoms with Crippen molar-refractivity contribution in [3.8, 4) is 5.75 Å². The lowest BCUT2D eigenvalue weighted by Crippen LogP contribution is -2.56. The molecule has 0 aromatic heterocycles. The molecule has 7 heteroatoms. The number of carbonyl (C=O) groups excluding carboxylic acids is 1. The van der Waals surface area contributed by atoms with Crippen molar-refractivity contribution < 1.29 is 9.53 Å². The van der Waals surface area contributed by atoms with Crippen LogP contribution in [0.1, 0.15) is 27.2 Å². The van der Waals surface area contributed by atoms with Gasteiger partial charge in [-0.15, -0.1) is 0 Å². The second kappa shape index (κ2) is 9.64. The van der Waals surface area contributed by atoms with E-state index in [4.69, 9.17) is 4.74 Å². The van der Waals surface area contributed by atoms with Crippen molar-refractivity contribution in [2.24, 2.45) is 0 Å². The van der Waals surface area contributed by atoms with E-state index in [0.717, 1.165) is 67.7 Å². The van der Waals surface area contributed by atoms with E-state index >= 15 is 0 Å². The fourth-order valence-corrected chi connectivity index (χ4v) is 4.41. The van der Waals surface area contributed by atoms with Gasteiger partial charge >= 0.3 is 0 Å². The van der Waals surface area contributed by atoms with Gasteiger partial charge in [0.1, 0.15) is 11.6 Å². The van der Waals surface area contributed by atoms with E-state index < -0.39 is 5.54 Å². The van der Waals surface area contributed by atoms with Crippen LogP contribution in [0.4, 0.5) is 5.69 Å². The summed E-state index contributed by atoms with van der Waals surface area (Å²) < 4.78 is 5.55. The van der Waals surface area contributed by atoms with Crippen LogP contribution >= 0.6 is 0 Å². The van der Waals surface area contributed by atoms with Gasteiger partial charge in [-0.3, -0.25) is 4.79 Å². The summed E-state index contributed by atoms with van der Waals surface area (Å²) in [6.45, 7) is 10.5. The van der Waals surface area contributed by atoms with Crippen molar-refractivity contribution >= 4 is 11.6 Å². The SMILES string of the molecule is CCCNC1(C)C=C(C)NC(N2CCN(c3ccccc3OC)CC2)=C1C(=O)N(C)C. The molecule has 1 atom stereocenters. The predicted octanol–water partition coefficient (Wildman–Crippen LogP) is 2.38. The summed E-state index contributed by atoms with van der Waals surface area (Å²) in [4.78, 5) is 19.6. The maximum absolute atomic E-state index is 13.3. The molecule has 1 aromatic carbocycles. The van der Waals surface area contributed by atoms with Gasteiger partial charge in [0.05, 0.1) is 23.9 Å². The molecule has 1 amide bonds. The maximum atomic E-state index is 13.3. The molecule has 1 saturated heterocycles. The number of amides is 1. The van der Waals surface area contributed by atoms with E-state index in [9.17, 15) is 4.79 Å². The molecule has 1 aromatic rings. The van der Waals surface area contributed by atoms with Crippen LogP contribution in [0, 0.1) is 0 Å². The first-order chi connectivity index (χ1) is 14.8. The Hall–Kier alpha value is -2.67. The largest absolute Gasteiger partial charge is 0.495 e. The van der Waals surface area contributed by atoms with Crippen molar-refractivity contribution in [2.75, 3.05) is 58.8 Å². The molecule has 0 radical (unpaired) electrons. The summed E-state index contributed by atoms with van der Waals surface area (Å²) in [5.41, 5.74) is 2.44. The summed E-state index contributed by atoms with van der Waals surface area (Å²) in [5.74, 6) is 1.85. The molecule has 2 heterocycles. The average molecular weight is 428 g/mol. The molecule has 0 spiro atoms. The van der Waals surface area contributed by atoms with Crippen LogP contribution in [0.5, 0.6) is 5.75 Å². The molecule has 1 fully saturated rings. The molecule has 2 aliphatic heterocycles. The van der Waals surface area contributed by atoms with Crippen LogP contribution in [0.15, 0.2) is 47.4 Å². The number of piperazine rings is 1. The van der Waals surface area contributed by atoms with Gasteiger partial charge in [-0.1, -0.05) is 19.1 Å². The molecule has 7 nitrogen and oxygen atoms in total. The van der Waals surface area contributed by atoms with Crippen molar-refractivity contribution in [2.45, 2.75) is 32.7 Å². The third-order valence-corrected chi connectivity index (χ3v) is 5.96. The van der Waals surface area contributed by atoms with Crippen LogP contribution < -0.4 is 20.3 Å². The third kappa shape index (κ3) is 4.82. The fraction of sp³-hybridized carbons (Fsp3) is 0.542. The fourth-order valence-electron chi connectivity index (χ4n) is 4.41. The molecule has 0 saturated carbocycles. The topological polar surface area (TPSA) is 60.1 Å². The van der Waals surface area contributed by atoms with Crippen molar-refractivity contribution in [1.82, 2.24) is 20.4 Å². The van der Waals surface area contributed by atoms with Gasteiger partial charge in [-0.25, -0.2) is 0 Å². The van der Waals surface area contributed by atoms with E-state index in [0.29, 0.717) is 0 Å². The maximum Gasteiger partial charge on any atom is 0.255 e. The number of methoxy groups -OCH3 is 1. The lowest BCUT2D eigenvalue weighted by molar-refractivity contribution is -0.125. The number of ether oxygens (including phenoxy) is 1. The number of allylic oxidation sites excluding steroid dienone is 1. The van der Waals surface area contributed by atoms with Gasteiger partial charge in [0.25, 0.3) is 5.91 Å². The predicted molar refractivity (Wildman–Crippen MR) is 126 cm³/mol. The summed E-state index contributed by atoms with van der Waals surface area (Å²) in [5, 5.41) is 7.12. The molecule has 1 unspecified atom stereocenters. The highest BCUT2D eigenvalue weighted by Crippen LogP contribution is 2.32. The van der Waals surface area contributed by atoms with Crippen LogP contribution in [-0.4, -0.2) is 75.2 Å². The number of anilines is 1. The van der Waals surface area contributed by atoms with Gasteiger partial charge in [-0.2, -0.15) is 0 Å². The minimum Gasteiger partial charge on any atom is -0.495 e. The quantitative estimate of drug-likeness (QED) is 0.697. The molecule has 31 heavy (non-hydrogen) atoms. The van der Waals surface area contributed by atoms with Gasteiger partial charge in [-0.05, 0) is 45.0 Å². The first-order valence-electron chi connectivity index (χ1n) is 11.1. The van der Waals surface area contributed by atoms with E-state index in [1.54, 1.807) is 12.0 Å². The Morgan fingerprint density at radius 2 is 1.84 bits per heavy atom. The lowest BCUT2D eigenvalue weighted by atomic mass is 9.86. The molecule has 0 bridgehead atoms. The highest BCUT2D eigenvalue weighted by atomic mass is 16.5. The number of hydrogen-bond acceptors (Lipinski definition) is 6. The first kappa shape index (κ1) is 23.0. The molecule has 2 N–H and O–H groups in total. The Balaban J connectivity index is 1.89. The Bertz CT molecular complexity index is 855. The number of nitrogens with zero attached hydrogens (tertiary/aromatic N) is 3. The molecular weight excluding hydrogens is 390 g/mol.